The van der Waals surface area contributed by atoms with Crippen molar-refractivity contribution in [3.05, 3.63) is 41.6 Å². The van der Waals surface area contributed by atoms with Crippen molar-refractivity contribution in [3.8, 4) is 0 Å². The summed E-state index contributed by atoms with van der Waals surface area (Å²) in [6, 6.07) is 5.78. The van der Waals surface area contributed by atoms with Gasteiger partial charge in [0.05, 0.1) is 11.9 Å². The number of nitrogens with zero attached hydrogens (tertiary/aromatic N) is 2. The first-order chi connectivity index (χ1) is 8.88. The number of aromatic nitrogens is 2. The second-order valence-corrected chi connectivity index (χ2v) is 5.37. The van der Waals surface area contributed by atoms with Crippen LogP contribution in [-0.2, 0) is 10.0 Å². The maximum atomic E-state index is 13.5. The van der Waals surface area contributed by atoms with Crippen LogP contribution < -0.4 is 10.5 Å². The predicted octanol–water partition coefficient (Wildman–Crippen LogP) is 1.66. The lowest BCUT2D eigenvalue weighted by molar-refractivity contribution is 0.598. The maximum absolute atomic E-state index is 13.5. The van der Waals surface area contributed by atoms with Crippen molar-refractivity contribution >= 4 is 33.1 Å². The molecule has 1 heterocycles. The first-order valence-electron chi connectivity index (χ1n) is 4.95. The van der Waals surface area contributed by atoms with E-state index in [0.29, 0.717) is 0 Å². The maximum Gasteiger partial charge on any atom is 0.240 e. The lowest BCUT2D eigenvalue weighted by atomic mass is 10.3. The van der Waals surface area contributed by atoms with Crippen LogP contribution in [0.15, 0.2) is 35.4 Å². The minimum Gasteiger partial charge on any atom is -0.337 e. The first kappa shape index (κ1) is 13.7. The van der Waals surface area contributed by atoms with Gasteiger partial charge in [-0.1, -0.05) is 12.1 Å². The molecule has 0 unspecified atom stereocenters. The van der Waals surface area contributed by atoms with E-state index in [0.717, 1.165) is 6.20 Å². The fourth-order valence-electron chi connectivity index (χ4n) is 1.38. The Kier molecular flexibility index (Phi) is 3.65. The highest BCUT2D eigenvalue weighted by Crippen LogP contribution is 2.24. The number of para-hydroxylation sites is 1. The lowest BCUT2D eigenvalue weighted by Gasteiger charge is -2.10. The van der Waals surface area contributed by atoms with Crippen LogP contribution >= 0.6 is 11.6 Å². The Morgan fingerprint density at radius 3 is 2.68 bits per heavy atom. The third-order valence-electron chi connectivity index (χ3n) is 2.16. The molecular weight excluding hydrogens is 295 g/mol. The molecule has 0 saturated carbocycles. The monoisotopic (exact) mass is 302 g/mol. The zero-order chi connectivity index (χ0) is 14.0. The van der Waals surface area contributed by atoms with E-state index in [1.165, 1.54) is 18.2 Å². The summed E-state index contributed by atoms with van der Waals surface area (Å²) in [6.07, 6.45) is 0.872. The summed E-state index contributed by atoms with van der Waals surface area (Å²) in [5, 5.41) is 7.41. The average Bonchev–Trinajstić information content (AvgIpc) is 2.33. The number of nitrogens with two attached hydrogens (primary N) is 1. The Morgan fingerprint density at radius 1 is 1.32 bits per heavy atom. The summed E-state index contributed by atoms with van der Waals surface area (Å²) in [7, 11) is -3.94. The molecule has 0 aliphatic heterocycles. The van der Waals surface area contributed by atoms with Gasteiger partial charge in [-0.3, -0.25) is 0 Å². The fraction of sp³-hybridized carbons (Fsp3) is 0. The lowest BCUT2D eigenvalue weighted by Crippen LogP contribution is -2.14. The highest BCUT2D eigenvalue weighted by Gasteiger charge is 2.15. The van der Waals surface area contributed by atoms with E-state index in [1.54, 1.807) is 6.07 Å². The molecule has 2 rings (SSSR count). The topological polar surface area (TPSA) is 98.0 Å². The first-order valence-corrected chi connectivity index (χ1v) is 6.87. The van der Waals surface area contributed by atoms with Crippen LogP contribution in [0.2, 0.25) is 5.28 Å². The van der Waals surface area contributed by atoms with E-state index in [2.05, 4.69) is 15.3 Å². The van der Waals surface area contributed by atoms with E-state index in [9.17, 15) is 12.8 Å². The molecule has 1 aromatic carbocycles. The largest absolute Gasteiger partial charge is 0.337 e. The Balaban J connectivity index is 2.47. The van der Waals surface area contributed by atoms with Gasteiger partial charge in [0.2, 0.25) is 15.3 Å². The zero-order valence-corrected chi connectivity index (χ0v) is 10.9. The summed E-state index contributed by atoms with van der Waals surface area (Å²) >= 11 is 5.54. The van der Waals surface area contributed by atoms with Crippen LogP contribution in [0.5, 0.6) is 0 Å². The Morgan fingerprint density at radius 2 is 2.00 bits per heavy atom. The molecule has 0 aliphatic carbocycles. The molecule has 0 fully saturated rings. The van der Waals surface area contributed by atoms with Crippen LogP contribution in [0.1, 0.15) is 0 Å². The molecule has 0 atom stereocenters. The highest BCUT2D eigenvalue weighted by atomic mass is 35.5. The number of hydrogen-bond acceptors (Lipinski definition) is 5. The number of halogens is 2. The van der Waals surface area contributed by atoms with Gasteiger partial charge in [0.1, 0.15) is 4.90 Å². The van der Waals surface area contributed by atoms with Gasteiger partial charge < -0.3 is 5.32 Å². The molecule has 0 saturated heterocycles. The molecule has 0 spiro atoms. The van der Waals surface area contributed by atoms with Gasteiger partial charge in [-0.05, 0) is 23.7 Å². The van der Waals surface area contributed by atoms with Gasteiger partial charge in [-0.15, -0.1) is 0 Å². The molecule has 19 heavy (non-hydrogen) atoms. The van der Waals surface area contributed by atoms with Gasteiger partial charge in [0, 0.05) is 0 Å². The van der Waals surface area contributed by atoms with Crippen molar-refractivity contribution in [1.29, 1.82) is 0 Å². The van der Waals surface area contributed by atoms with Gasteiger partial charge in [0.15, 0.2) is 11.6 Å². The number of benzene rings is 1. The average molecular weight is 303 g/mol. The fourth-order valence-corrected chi connectivity index (χ4v) is 2.21. The summed E-state index contributed by atoms with van der Waals surface area (Å²) in [5.41, 5.74) is 0.0960. The van der Waals surface area contributed by atoms with E-state index in [1.807, 2.05) is 0 Å². The Hall–Kier alpha value is -1.77. The Bertz CT molecular complexity index is 723. The second kappa shape index (κ2) is 5.08. The minimum absolute atomic E-state index is 0.0960. The second-order valence-electron chi connectivity index (χ2n) is 3.50. The van der Waals surface area contributed by atoms with Crippen LogP contribution in [0.4, 0.5) is 15.9 Å². The van der Waals surface area contributed by atoms with Crippen molar-refractivity contribution < 1.29 is 12.8 Å². The van der Waals surface area contributed by atoms with E-state index in [-0.39, 0.29) is 21.7 Å². The molecule has 0 bridgehead atoms. The Labute approximate surface area is 113 Å². The number of nitrogens with one attached hydrogen (secondary N) is 1. The summed E-state index contributed by atoms with van der Waals surface area (Å²) in [6.45, 7) is 0. The SMILES string of the molecule is NS(=O)(=O)c1ccccc1Nc1nc(Cl)ncc1F. The molecule has 3 N–H and O–H groups in total. The minimum atomic E-state index is -3.94. The molecule has 1 aromatic heterocycles. The molecule has 100 valence electrons. The van der Waals surface area contributed by atoms with Crippen LogP contribution in [0, 0.1) is 5.82 Å². The summed E-state index contributed by atoms with van der Waals surface area (Å²) in [4.78, 5) is 6.90. The number of sulfonamides is 1. The smallest absolute Gasteiger partial charge is 0.240 e. The normalized spacial score (nSPS) is 11.3. The number of rotatable bonds is 3. The zero-order valence-electron chi connectivity index (χ0n) is 9.34. The highest BCUT2D eigenvalue weighted by molar-refractivity contribution is 7.89. The van der Waals surface area contributed by atoms with Gasteiger partial charge in [-0.25, -0.2) is 22.9 Å². The van der Waals surface area contributed by atoms with Crippen molar-refractivity contribution in [3.63, 3.8) is 0 Å². The number of hydrogen-bond donors (Lipinski definition) is 2. The van der Waals surface area contributed by atoms with Crippen LogP contribution in [0.3, 0.4) is 0 Å². The quantitative estimate of drug-likeness (QED) is 0.840. The molecule has 0 radical (unpaired) electrons. The van der Waals surface area contributed by atoms with Gasteiger partial charge in [0.25, 0.3) is 0 Å². The van der Waals surface area contributed by atoms with E-state index in [4.69, 9.17) is 16.7 Å². The molecule has 9 heteroatoms. The van der Waals surface area contributed by atoms with Crippen molar-refractivity contribution in [2.45, 2.75) is 4.90 Å². The van der Waals surface area contributed by atoms with Gasteiger partial charge >= 0.3 is 0 Å². The van der Waals surface area contributed by atoms with Crippen LogP contribution in [0.25, 0.3) is 0 Å². The molecule has 0 amide bonds. The molecular formula is C10H8ClFN4O2S. The van der Waals surface area contributed by atoms with Crippen molar-refractivity contribution in [1.82, 2.24) is 9.97 Å². The standard InChI is InChI=1S/C10H8ClFN4O2S/c11-10-14-5-6(12)9(16-10)15-7-3-1-2-4-8(7)19(13,17)18/h1-5H,(H2,13,17,18)(H,14,15,16). The van der Waals surface area contributed by atoms with Crippen molar-refractivity contribution in [2.24, 2.45) is 5.14 Å². The van der Waals surface area contributed by atoms with Crippen molar-refractivity contribution in [2.75, 3.05) is 5.32 Å². The predicted molar refractivity (Wildman–Crippen MR) is 68.1 cm³/mol. The molecule has 0 aliphatic rings. The summed E-state index contributed by atoms with van der Waals surface area (Å²) < 4.78 is 36.2. The summed E-state index contributed by atoms with van der Waals surface area (Å²) in [5.74, 6) is -1.01. The third kappa shape index (κ3) is 3.16. The molecule has 2 aromatic rings. The number of anilines is 2. The van der Waals surface area contributed by atoms with E-state index >= 15 is 0 Å². The number of primary sulfonamides is 1. The molecule has 6 nitrogen and oxygen atoms in total. The third-order valence-corrected chi connectivity index (χ3v) is 3.31. The van der Waals surface area contributed by atoms with Gasteiger partial charge in [-0.2, -0.15) is 4.98 Å². The van der Waals surface area contributed by atoms with E-state index < -0.39 is 15.8 Å². The van der Waals surface area contributed by atoms with Crippen LogP contribution in [-0.4, -0.2) is 18.4 Å².